The van der Waals surface area contributed by atoms with Gasteiger partial charge in [0.05, 0.1) is 0 Å². The van der Waals surface area contributed by atoms with Gasteiger partial charge in [0.2, 0.25) is 0 Å². The molecule has 4 nitrogen and oxygen atoms in total. The summed E-state index contributed by atoms with van der Waals surface area (Å²) in [6.07, 6.45) is 0. The van der Waals surface area contributed by atoms with Gasteiger partial charge in [-0.1, -0.05) is 0 Å². The van der Waals surface area contributed by atoms with E-state index in [9.17, 15) is 0 Å². The average Bonchev–Trinajstić information content (AvgIpc) is 0.722. The Balaban J connectivity index is -0.0000000800. The molecule has 0 aromatic heterocycles. The zero-order valence-electron chi connectivity index (χ0n) is 2.80. The van der Waals surface area contributed by atoms with E-state index in [4.69, 9.17) is 17.5 Å². The minimum atomic E-state index is -5.17. The van der Waals surface area contributed by atoms with E-state index in [1.807, 2.05) is 0 Å². The first-order valence-corrected chi connectivity index (χ1v) is 2.00. The maximum Gasteiger partial charge on any atom is 2.00 e. The Bertz CT molecular complexity index is 94.9. The minimum Gasteiger partial charge on any atom is -0.759 e. The number of hydrogen-bond acceptors (Lipinski definition) is 4. The van der Waals surface area contributed by atoms with Crippen molar-refractivity contribution in [1.29, 1.82) is 0 Å². The summed E-state index contributed by atoms with van der Waals surface area (Å²) in [5.74, 6) is 0. The molecular weight excluding hydrogens is 170 g/mol. The topological polar surface area (TPSA) is 80.3 Å². The second-order valence-corrected chi connectivity index (χ2v) is 1.22. The van der Waals surface area contributed by atoms with E-state index in [1.54, 1.807) is 0 Å². The summed E-state index contributed by atoms with van der Waals surface area (Å²) >= 11 is 0. The predicted molar refractivity (Wildman–Crippen MR) is 11.6 cm³/mol. The molecule has 0 spiro atoms. The molecule has 0 aliphatic carbocycles. The molecule has 44 valence electrons. The van der Waals surface area contributed by atoms with Crippen molar-refractivity contribution in [2.45, 2.75) is 0 Å². The fraction of sp³-hybridized carbons (Fsp3) is 0. The van der Waals surface area contributed by atoms with Crippen molar-refractivity contribution in [2.24, 2.45) is 0 Å². The van der Waals surface area contributed by atoms with Crippen molar-refractivity contribution < 1.29 is 39.3 Å². The smallest absolute Gasteiger partial charge is 0.759 e. The maximum absolute atomic E-state index is 8.52. The Morgan fingerprint density at radius 3 is 1.14 bits per heavy atom. The van der Waals surface area contributed by atoms with E-state index < -0.39 is 10.4 Å². The van der Waals surface area contributed by atoms with Crippen LogP contribution in [0.5, 0.6) is 0 Å². The molecule has 0 aromatic carbocycles. The van der Waals surface area contributed by atoms with Crippen LogP contribution in [0.1, 0.15) is 0 Å². The summed E-state index contributed by atoms with van der Waals surface area (Å²) in [5.41, 5.74) is 0. The molecule has 0 amide bonds. The summed E-state index contributed by atoms with van der Waals surface area (Å²) in [6.45, 7) is 0. The Morgan fingerprint density at radius 1 is 1.14 bits per heavy atom. The molecule has 0 aliphatic rings. The zero-order chi connectivity index (χ0) is 4.50. The summed E-state index contributed by atoms with van der Waals surface area (Å²) in [5, 5.41) is 0. The van der Waals surface area contributed by atoms with Crippen LogP contribution in [0.2, 0.25) is 0 Å². The fourth-order valence-corrected chi connectivity index (χ4v) is 0. The first-order valence-electron chi connectivity index (χ1n) is 0.667. The fourth-order valence-electron chi connectivity index (χ4n) is 0. The van der Waals surface area contributed by atoms with Crippen molar-refractivity contribution in [3.8, 4) is 0 Å². The Hall–Kier alpha value is 0.319. The van der Waals surface area contributed by atoms with Gasteiger partial charge in [0.15, 0.2) is 0 Å². The van der Waals surface area contributed by atoms with Crippen LogP contribution in [0.15, 0.2) is 0 Å². The molecule has 0 N–H and O–H groups in total. The predicted octanol–water partition coefficient (Wildman–Crippen LogP) is -0.920. The van der Waals surface area contributed by atoms with Crippen LogP contribution in [-0.4, -0.2) is 17.5 Å². The summed E-state index contributed by atoms with van der Waals surface area (Å²) in [7, 11) is -5.17. The second kappa shape index (κ2) is 4.48. The van der Waals surface area contributed by atoms with E-state index in [2.05, 4.69) is 0 Å². The van der Waals surface area contributed by atoms with Crippen LogP contribution in [0.4, 0.5) is 4.70 Å². The van der Waals surface area contributed by atoms with Gasteiger partial charge < -0.3 is 9.11 Å². The van der Waals surface area contributed by atoms with Crippen LogP contribution in [0, 0.1) is 0 Å². The molecule has 7 heavy (non-hydrogen) atoms. The van der Waals surface area contributed by atoms with Crippen LogP contribution in [0.3, 0.4) is 0 Å². The quantitative estimate of drug-likeness (QED) is 0.267. The van der Waals surface area contributed by atoms with E-state index in [-0.39, 0.29) is 21.8 Å². The third-order valence-corrected chi connectivity index (χ3v) is 0. The van der Waals surface area contributed by atoms with Crippen molar-refractivity contribution in [3.05, 3.63) is 0 Å². The average molecular weight is 170 g/mol. The molecular formula is FMnO4S. The van der Waals surface area contributed by atoms with Gasteiger partial charge in [-0.15, -0.1) is 0 Å². The SMILES string of the molecule is O=S(=O)([O-])[O-].[F].[Mn+2]. The van der Waals surface area contributed by atoms with E-state index in [1.165, 1.54) is 0 Å². The van der Waals surface area contributed by atoms with Gasteiger partial charge in [-0.2, -0.15) is 0 Å². The molecule has 0 aromatic rings. The third-order valence-electron chi connectivity index (χ3n) is 0. The molecule has 0 unspecified atom stereocenters. The second-order valence-electron chi connectivity index (χ2n) is 0.408. The summed E-state index contributed by atoms with van der Waals surface area (Å²) < 4.78 is 34.1. The van der Waals surface area contributed by atoms with E-state index >= 15 is 0 Å². The molecule has 0 saturated carbocycles. The van der Waals surface area contributed by atoms with E-state index in [0.717, 1.165) is 0 Å². The van der Waals surface area contributed by atoms with Crippen LogP contribution >= 0.6 is 0 Å². The number of halogens is 1. The molecule has 0 atom stereocenters. The third kappa shape index (κ3) is 1160. The van der Waals surface area contributed by atoms with Crippen molar-refractivity contribution in [3.63, 3.8) is 0 Å². The summed E-state index contributed by atoms with van der Waals surface area (Å²) in [4.78, 5) is 0. The largest absolute Gasteiger partial charge is 2.00 e. The Morgan fingerprint density at radius 2 is 1.14 bits per heavy atom. The normalized spacial score (nSPS) is 8.29. The Kier molecular flexibility index (Phi) is 10.0. The molecule has 7 heteroatoms. The standard InChI is InChI=1S/F.Mn.H2O4S/c;;1-5(2,3)4/h;;(H2,1,2,3,4)/q;+2;/p-2. The number of hydrogen-bond donors (Lipinski definition) is 0. The Labute approximate surface area is 50.3 Å². The summed E-state index contributed by atoms with van der Waals surface area (Å²) in [6, 6.07) is 0. The van der Waals surface area contributed by atoms with Gasteiger partial charge in [0.25, 0.3) is 0 Å². The maximum atomic E-state index is 8.52. The first kappa shape index (κ1) is 15.7. The molecule has 0 fully saturated rings. The van der Waals surface area contributed by atoms with Gasteiger partial charge in [0.1, 0.15) is 0 Å². The number of rotatable bonds is 0. The molecule has 0 bridgehead atoms. The van der Waals surface area contributed by atoms with Gasteiger partial charge in [-0.3, -0.25) is 8.42 Å². The van der Waals surface area contributed by atoms with Crippen molar-refractivity contribution in [1.82, 2.24) is 0 Å². The van der Waals surface area contributed by atoms with Crippen LogP contribution in [-0.2, 0) is 27.5 Å². The van der Waals surface area contributed by atoms with Gasteiger partial charge in [-0.05, 0) is 0 Å². The van der Waals surface area contributed by atoms with Crippen LogP contribution in [0.25, 0.3) is 0 Å². The van der Waals surface area contributed by atoms with Crippen molar-refractivity contribution in [2.75, 3.05) is 0 Å². The van der Waals surface area contributed by atoms with Gasteiger partial charge >= 0.3 is 17.1 Å². The monoisotopic (exact) mass is 170 g/mol. The van der Waals surface area contributed by atoms with E-state index in [0.29, 0.717) is 0 Å². The molecule has 0 aliphatic heterocycles. The van der Waals surface area contributed by atoms with Crippen LogP contribution < -0.4 is 0 Å². The zero-order valence-corrected chi connectivity index (χ0v) is 4.79. The van der Waals surface area contributed by atoms with Gasteiger partial charge in [0, 0.05) is 15.1 Å². The molecule has 0 saturated heterocycles. The molecule has 0 heterocycles. The van der Waals surface area contributed by atoms with Crippen molar-refractivity contribution >= 4 is 10.4 Å². The first-order chi connectivity index (χ1) is 2.00. The molecule has 2 radical (unpaired) electrons. The minimum absolute atomic E-state index is 0. The molecule has 0 rings (SSSR count). The van der Waals surface area contributed by atoms with Gasteiger partial charge in [-0.25, -0.2) is 0 Å².